The van der Waals surface area contributed by atoms with E-state index in [1.54, 1.807) is 4.57 Å². The molecule has 0 bridgehead atoms. The Balaban J connectivity index is 0.000000268. The first kappa shape index (κ1) is 40.5. The average molecular weight is 727 g/mol. The molecule has 278 valence electrons. The van der Waals surface area contributed by atoms with Crippen LogP contribution >= 0.6 is 11.6 Å². The molecule has 4 fully saturated rings. The number of fused-ring (bicyclic) bond motifs is 1. The molecular formula is C33H47ClN4O12. The van der Waals surface area contributed by atoms with Crippen LogP contribution < -0.4 is 0 Å². The van der Waals surface area contributed by atoms with Gasteiger partial charge in [0.25, 0.3) is 0 Å². The SMILES string of the molecule is C.C.CC[C@@H]1C[C@]12OC(OC(C)=O)[C@@H](OC(C)=O)C2OC(C)=O.CC[C@@H]1C[C@]12O[C@@H](n1cnc3c(Cl)ncnc31)[C@@H](OC(C)=O)C2OC(C)=O. The number of aromatic nitrogens is 4. The van der Waals surface area contributed by atoms with Gasteiger partial charge in [-0.15, -0.1) is 0 Å². The number of nitrogens with zero attached hydrogens (tertiary/aromatic N) is 4. The molecular weight excluding hydrogens is 680 g/mol. The van der Waals surface area contributed by atoms with E-state index in [1.807, 2.05) is 13.8 Å². The van der Waals surface area contributed by atoms with Crippen LogP contribution in [0, 0.1) is 11.8 Å². The smallest absolute Gasteiger partial charge is 0.305 e. The summed E-state index contributed by atoms with van der Waals surface area (Å²) in [5.74, 6) is -2.16. The minimum absolute atomic E-state index is 0. The zero-order valence-corrected chi connectivity index (χ0v) is 28.4. The number of ether oxygens (including phenoxy) is 7. The molecule has 4 aliphatic rings. The van der Waals surface area contributed by atoms with Crippen LogP contribution in [-0.4, -0.2) is 91.3 Å². The van der Waals surface area contributed by atoms with Crippen molar-refractivity contribution in [2.75, 3.05) is 0 Å². The van der Waals surface area contributed by atoms with E-state index in [4.69, 9.17) is 44.8 Å². The Labute approximate surface area is 295 Å². The number of imidazole rings is 1. The highest BCUT2D eigenvalue weighted by Crippen LogP contribution is 2.61. The molecule has 2 aliphatic heterocycles. The molecule has 2 saturated carbocycles. The monoisotopic (exact) mass is 726 g/mol. The fraction of sp³-hybridized carbons (Fsp3) is 0.697. The lowest BCUT2D eigenvalue weighted by Gasteiger charge is -2.24. The van der Waals surface area contributed by atoms with Crippen LogP contribution in [-0.2, 0) is 57.1 Å². The molecule has 0 amide bonds. The highest BCUT2D eigenvalue weighted by Gasteiger charge is 2.72. The molecule has 2 aliphatic carbocycles. The highest BCUT2D eigenvalue weighted by molar-refractivity contribution is 6.33. The third-order valence-electron chi connectivity index (χ3n) is 9.02. The lowest BCUT2D eigenvalue weighted by atomic mass is 10.1. The van der Waals surface area contributed by atoms with Gasteiger partial charge in [-0.05, 0) is 24.7 Å². The van der Waals surface area contributed by atoms with Gasteiger partial charge in [0.15, 0.2) is 35.3 Å². The summed E-state index contributed by atoms with van der Waals surface area (Å²) < 4.78 is 40.5. The number of esters is 5. The molecule has 2 spiro atoms. The van der Waals surface area contributed by atoms with Crippen molar-refractivity contribution in [1.29, 1.82) is 0 Å². The van der Waals surface area contributed by atoms with Crippen LogP contribution in [0.25, 0.3) is 11.2 Å². The van der Waals surface area contributed by atoms with Gasteiger partial charge in [-0.2, -0.15) is 0 Å². The van der Waals surface area contributed by atoms with Crippen molar-refractivity contribution in [2.24, 2.45) is 11.8 Å². The Kier molecular flexibility index (Phi) is 12.6. The minimum atomic E-state index is -1.05. The second-order valence-corrected chi connectivity index (χ2v) is 12.7. The van der Waals surface area contributed by atoms with Crippen LogP contribution in [0.3, 0.4) is 0 Å². The maximum atomic E-state index is 11.8. The van der Waals surface area contributed by atoms with Crippen molar-refractivity contribution in [3.63, 3.8) is 0 Å². The van der Waals surface area contributed by atoms with Gasteiger partial charge >= 0.3 is 29.8 Å². The van der Waals surface area contributed by atoms with Gasteiger partial charge in [-0.3, -0.25) is 28.5 Å². The van der Waals surface area contributed by atoms with E-state index >= 15 is 0 Å². The van der Waals surface area contributed by atoms with Gasteiger partial charge in [0.1, 0.15) is 23.0 Å². The molecule has 3 unspecified atom stereocenters. The summed E-state index contributed by atoms with van der Waals surface area (Å²) >= 11 is 6.09. The zero-order chi connectivity index (χ0) is 35.1. The van der Waals surface area contributed by atoms with Crippen LogP contribution in [0.2, 0.25) is 5.15 Å². The van der Waals surface area contributed by atoms with Gasteiger partial charge in [0, 0.05) is 34.6 Å². The van der Waals surface area contributed by atoms with Gasteiger partial charge < -0.3 is 33.2 Å². The third-order valence-corrected chi connectivity index (χ3v) is 9.30. The zero-order valence-electron chi connectivity index (χ0n) is 27.7. The first-order valence-corrected chi connectivity index (χ1v) is 16.1. The van der Waals surface area contributed by atoms with Crippen molar-refractivity contribution in [3.05, 3.63) is 17.8 Å². The molecule has 4 heterocycles. The quantitative estimate of drug-likeness (QED) is 0.213. The lowest BCUT2D eigenvalue weighted by Crippen LogP contribution is -2.42. The van der Waals surface area contributed by atoms with Crippen molar-refractivity contribution < 1.29 is 57.1 Å². The summed E-state index contributed by atoms with van der Waals surface area (Å²) in [5, 5.41) is 0.213. The Morgan fingerprint density at radius 2 is 1.22 bits per heavy atom. The summed E-state index contributed by atoms with van der Waals surface area (Å²) in [4.78, 5) is 69.7. The van der Waals surface area contributed by atoms with E-state index in [9.17, 15) is 24.0 Å². The van der Waals surface area contributed by atoms with Crippen LogP contribution in [0.15, 0.2) is 12.7 Å². The Morgan fingerprint density at radius 3 is 1.70 bits per heavy atom. The van der Waals surface area contributed by atoms with E-state index in [0.29, 0.717) is 17.6 Å². The minimum Gasteiger partial charge on any atom is -0.455 e. The van der Waals surface area contributed by atoms with Gasteiger partial charge in [0.2, 0.25) is 12.4 Å². The molecule has 0 radical (unpaired) electrons. The third kappa shape index (κ3) is 7.71. The van der Waals surface area contributed by atoms with Gasteiger partial charge in [-0.25, -0.2) is 15.0 Å². The Morgan fingerprint density at radius 1 is 0.740 bits per heavy atom. The number of rotatable bonds is 8. The molecule has 6 rings (SSSR count). The number of hydrogen-bond acceptors (Lipinski definition) is 15. The molecule has 2 saturated heterocycles. The summed E-state index contributed by atoms with van der Waals surface area (Å²) in [6, 6.07) is 0. The summed E-state index contributed by atoms with van der Waals surface area (Å²) in [6.07, 6.45) is 0.905. The van der Waals surface area contributed by atoms with Gasteiger partial charge in [0.05, 0.1) is 6.33 Å². The lowest BCUT2D eigenvalue weighted by molar-refractivity contribution is -0.197. The fourth-order valence-corrected chi connectivity index (χ4v) is 7.14. The van der Waals surface area contributed by atoms with Crippen LogP contribution in [0.4, 0.5) is 0 Å². The first-order valence-electron chi connectivity index (χ1n) is 15.7. The Bertz CT molecular complexity index is 1600. The van der Waals surface area contributed by atoms with Crippen molar-refractivity contribution in [1.82, 2.24) is 19.5 Å². The number of halogens is 1. The predicted octanol–water partition coefficient (Wildman–Crippen LogP) is 4.25. The number of hydrogen-bond donors (Lipinski definition) is 0. The summed E-state index contributed by atoms with van der Waals surface area (Å²) in [6.45, 7) is 10.4. The number of carbonyl (C=O) groups excluding carboxylic acids is 5. The topological polar surface area (TPSA) is 194 Å². The second kappa shape index (κ2) is 15.6. The molecule has 16 nitrogen and oxygen atoms in total. The molecule has 2 aromatic rings. The first-order chi connectivity index (χ1) is 22.7. The Hall–Kier alpha value is -3.89. The highest BCUT2D eigenvalue weighted by atomic mass is 35.5. The van der Waals surface area contributed by atoms with Gasteiger partial charge in [-0.1, -0.05) is 53.1 Å². The van der Waals surface area contributed by atoms with Crippen LogP contribution in [0.5, 0.6) is 0 Å². The van der Waals surface area contributed by atoms with E-state index < -0.39 is 78.0 Å². The average Bonchev–Trinajstić information content (AvgIpc) is 3.77. The molecule has 50 heavy (non-hydrogen) atoms. The predicted molar refractivity (Wildman–Crippen MR) is 175 cm³/mol. The maximum absolute atomic E-state index is 11.8. The molecule has 2 aromatic heterocycles. The normalized spacial score (nSPS) is 32.9. The molecule has 0 aromatic carbocycles. The molecule has 17 heteroatoms. The maximum Gasteiger partial charge on any atom is 0.305 e. The van der Waals surface area contributed by atoms with Crippen molar-refractivity contribution in [2.45, 2.75) is 137 Å². The molecule has 0 N–H and O–H groups in total. The van der Waals surface area contributed by atoms with Crippen molar-refractivity contribution >= 4 is 52.6 Å². The summed E-state index contributed by atoms with van der Waals surface area (Å²) in [7, 11) is 0. The van der Waals surface area contributed by atoms with E-state index in [1.165, 1.54) is 47.3 Å². The number of carbonyl (C=O) groups is 5. The second-order valence-electron chi connectivity index (χ2n) is 12.3. The van der Waals surface area contributed by atoms with E-state index in [-0.39, 0.29) is 31.8 Å². The van der Waals surface area contributed by atoms with E-state index in [0.717, 1.165) is 19.3 Å². The summed E-state index contributed by atoms with van der Waals surface area (Å²) in [5.41, 5.74) is -0.541. The standard InChI is InChI=1S/C17H19ClN4O5.C14H20O7.2CH4/c1-4-10-5-17(10)13(26-9(3)24)12(25-8(2)23)16(27-17)22-7-21-11-14(18)19-6-20-15(11)22;1-5-10-6-14(10)12(19-8(3)16)11(18-7(2)15)13(21-14)20-9(4)17;;/h6-7,10,12-13,16H,4-5H2,1-3H3;10-13H,5-6H2,1-4H3;2*1H4/t10-,12+,13?,16-,17+;10-,11+,12?,13?,14+;;/m11../s1. The molecule has 10 atom stereocenters. The largest absolute Gasteiger partial charge is 0.455 e. The fourth-order valence-electron chi connectivity index (χ4n) is 6.97. The van der Waals surface area contributed by atoms with Crippen LogP contribution in [0.1, 0.15) is 95.2 Å². The van der Waals surface area contributed by atoms with Crippen molar-refractivity contribution in [3.8, 4) is 0 Å². The van der Waals surface area contributed by atoms with E-state index in [2.05, 4.69) is 15.0 Å².